The van der Waals surface area contributed by atoms with Crippen LogP contribution in [0.4, 0.5) is 5.69 Å². The van der Waals surface area contributed by atoms with Gasteiger partial charge in [-0.3, -0.25) is 13.9 Å². The third kappa shape index (κ3) is 10.1. The van der Waals surface area contributed by atoms with Gasteiger partial charge in [0, 0.05) is 42.0 Å². The van der Waals surface area contributed by atoms with Crippen LogP contribution in [0.2, 0.25) is 10.0 Å². The number of anilines is 1. The van der Waals surface area contributed by atoms with E-state index in [2.05, 4.69) is 5.32 Å². The largest absolute Gasteiger partial charge is 0.352 e. The van der Waals surface area contributed by atoms with E-state index in [0.29, 0.717) is 22.2 Å². The lowest BCUT2D eigenvalue weighted by molar-refractivity contribution is -0.141. The summed E-state index contributed by atoms with van der Waals surface area (Å²) in [6.45, 7) is 4.20. The lowest BCUT2D eigenvalue weighted by Crippen LogP contribution is -2.52. The molecule has 3 aromatic rings. The lowest BCUT2D eigenvalue weighted by atomic mass is 10.0. The molecule has 7 nitrogen and oxygen atoms in total. The van der Waals surface area contributed by atoms with E-state index in [1.54, 1.807) is 41.3 Å². The number of hydrogen-bond donors (Lipinski definition) is 1. The zero-order chi connectivity index (χ0) is 30.0. The predicted octanol–water partition coefficient (Wildman–Crippen LogP) is 6.09. The number of nitrogens with one attached hydrogen (secondary N) is 1. The zero-order valence-electron chi connectivity index (χ0n) is 23.6. The molecule has 10 heteroatoms. The summed E-state index contributed by atoms with van der Waals surface area (Å²) < 4.78 is 26.4. The molecule has 3 aromatic carbocycles. The summed E-state index contributed by atoms with van der Waals surface area (Å²) in [6, 6.07) is 22.5. The molecule has 0 saturated heterocycles. The minimum absolute atomic E-state index is 0.0437. The van der Waals surface area contributed by atoms with Crippen molar-refractivity contribution in [3.05, 3.63) is 100 Å². The minimum Gasteiger partial charge on any atom is -0.352 e. The normalized spacial score (nSPS) is 12.8. The average Bonchev–Trinajstić information content (AvgIpc) is 2.93. The maximum absolute atomic E-state index is 13.9. The first kappa shape index (κ1) is 32.4. The number of carbonyl (C=O) groups is 2. The van der Waals surface area contributed by atoms with E-state index < -0.39 is 16.1 Å². The Balaban J connectivity index is 1.89. The summed E-state index contributed by atoms with van der Waals surface area (Å²) >= 11 is 12.2. The average molecular weight is 619 g/mol. The van der Waals surface area contributed by atoms with Crippen LogP contribution in [0, 0.1) is 0 Å². The van der Waals surface area contributed by atoms with Crippen LogP contribution in [0.1, 0.15) is 44.2 Å². The van der Waals surface area contributed by atoms with E-state index >= 15 is 0 Å². The number of nitrogens with zero attached hydrogens (tertiary/aromatic N) is 2. The molecule has 220 valence electrons. The van der Waals surface area contributed by atoms with Crippen molar-refractivity contribution in [3.8, 4) is 0 Å². The topological polar surface area (TPSA) is 86.8 Å². The van der Waals surface area contributed by atoms with Gasteiger partial charge in [0.1, 0.15) is 6.04 Å². The fourth-order valence-corrected chi connectivity index (χ4v) is 5.68. The highest BCUT2D eigenvalue weighted by Crippen LogP contribution is 2.23. The number of amides is 2. The molecule has 0 unspecified atom stereocenters. The van der Waals surface area contributed by atoms with Gasteiger partial charge >= 0.3 is 0 Å². The number of sulfonamides is 1. The molecule has 41 heavy (non-hydrogen) atoms. The standard InChI is InChI=1S/C31H37Cl2N3O4S/c1-4-23(2)34-31(38)29(20-24-10-6-5-7-11-24)35(22-25-15-17-26(32)18-16-25)30(37)14-9-19-36(41(3,39)40)28-13-8-12-27(33)21-28/h5-8,10-13,15-18,21,23,29H,4,9,14,19-20,22H2,1-3H3,(H,34,38)/t23-,29-/m0/s1. The van der Waals surface area contributed by atoms with Crippen LogP contribution in [0.25, 0.3) is 0 Å². The first-order chi connectivity index (χ1) is 19.5. The maximum atomic E-state index is 13.9. The lowest BCUT2D eigenvalue weighted by Gasteiger charge is -2.32. The Labute approximate surface area is 253 Å². The highest BCUT2D eigenvalue weighted by molar-refractivity contribution is 7.92. The molecule has 0 saturated carbocycles. The molecule has 2 atom stereocenters. The molecule has 0 spiro atoms. The fourth-order valence-electron chi connectivity index (χ4n) is 4.42. The molecule has 0 fully saturated rings. The number of benzene rings is 3. The molecule has 3 rings (SSSR count). The third-order valence-corrected chi connectivity index (χ3v) is 8.47. The summed E-state index contributed by atoms with van der Waals surface area (Å²) in [5.41, 5.74) is 2.18. The van der Waals surface area contributed by atoms with Crippen LogP contribution in [0.15, 0.2) is 78.9 Å². The van der Waals surface area contributed by atoms with Gasteiger partial charge in [-0.2, -0.15) is 0 Å². The van der Waals surface area contributed by atoms with Crippen molar-refractivity contribution < 1.29 is 18.0 Å². The molecule has 2 amide bonds. The number of rotatable bonds is 14. The van der Waals surface area contributed by atoms with Crippen LogP contribution in [-0.4, -0.2) is 50.0 Å². The van der Waals surface area contributed by atoms with Gasteiger partial charge in [0.05, 0.1) is 11.9 Å². The molecule has 1 N–H and O–H groups in total. The minimum atomic E-state index is -3.62. The first-order valence-electron chi connectivity index (χ1n) is 13.6. The molecule has 0 aliphatic heterocycles. The van der Waals surface area contributed by atoms with E-state index in [1.165, 1.54) is 4.31 Å². The van der Waals surface area contributed by atoms with Crippen LogP contribution in [-0.2, 0) is 32.6 Å². The van der Waals surface area contributed by atoms with Gasteiger partial charge in [0.15, 0.2) is 0 Å². The van der Waals surface area contributed by atoms with Gasteiger partial charge in [-0.15, -0.1) is 0 Å². The van der Waals surface area contributed by atoms with Crippen molar-refractivity contribution >= 4 is 50.7 Å². The van der Waals surface area contributed by atoms with Gasteiger partial charge in [-0.1, -0.05) is 78.7 Å². The van der Waals surface area contributed by atoms with Gasteiger partial charge < -0.3 is 10.2 Å². The van der Waals surface area contributed by atoms with E-state index in [9.17, 15) is 18.0 Å². The Kier molecular flexibility index (Phi) is 12.1. The predicted molar refractivity (Wildman–Crippen MR) is 167 cm³/mol. The van der Waals surface area contributed by atoms with Gasteiger partial charge in [0.25, 0.3) is 0 Å². The van der Waals surface area contributed by atoms with Crippen LogP contribution in [0.3, 0.4) is 0 Å². The van der Waals surface area contributed by atoms with Crippen molar-refractivity contribution in [2.24, 2.45) is 0 Å². The second-order valence-electron chi connectivity index (χ2n) is 10.1. The maximum Gasteiger partial charge on any atom is 0.243 e. The molecule has 0 aliphatic carbocycles. The highest BCUT2D eigenvalue weighted by atomic mass is 35.5. The molecule has 0 aliphatic rings. The quantitative estimate of drug-likeness (QED) is 0.237. The van der Waals surface area contributed by atoms with E-state index in [-0.39, 0.29) is 43.8 Å². The van der Waals surface area contributed by atoms with Gasteiger partial charge in [-0.25, -0.2) is 8.42 Å². The Hall–Kier alpha value is -3.07. The summed E-state index contributed by atoms with van der Waals surface area (Å²) in [5.74, 6) is -0.484. The van der Waals surface area contributed by atoms with E-state index in [4.69, 9.17) is 23.2 Å². The Morgan fingerprint density at radius 2 is 1.59 bits per heavy atom. The SMILES string of the molecule is CC[C@H](C)NC(=O)[C@H](Cc1ccccc1)N(Cc1ccc(Cl)cc1)C(=O)CCCN(c1cccc(Cl)c1)S(C)(=O)=O. The van der Waals surface area contributed by atoms with Gasteiger partial charge in [-0.05, 0) is 61.2 Å². The van der Waals surface area contributed by atoms with Crippen molar-refractivity contribution in [1.29, 1.82) is 0 Å². The summed E-state index contributed by atoms with van der Waals surface area (Å²) in [5, 5.41) is 4.03. The molecule has 0 heterocycles. The van der Waals surface area contributed by atoms with Crippen LogP contribution >= 0.6 is 23.2 Å². The van der Waals surface area contributed by atoms with Crippen molar-refractivity contribution in [3.63, 3.8) is 0 Å². The number of halogens is 2. The summed E-state index contributed by atoms with van der Waals surface area (Å²) in [4.78, 5) is 29.1. The molecule has 0 bridgehead atoms. The third-order valence-electron chi connectivity index (χ3n) is 6.79. The number of hydrogen-bond acceptors (Lipinski definition) is 4. The molecule has 0 aromatic heterocycles. The summed E-state index contributed by atoms with van der Waals surface area (Å²) in [6.07, 6.45) is 2.50. The van der Waals surface area contributed by atoms with E-state index in [1.807, 2.05) is 56.3 Å². The highest BCUT2D eigenvalue weighted by Gasteiger charge is 2.31. The van der Waals surface area contributed by atoms with Crippen LogP contribution < -0.4 is 9.62 Å². The Morgan fingerprint density at radius 1 is 0.902 bits per heavy atom. The second-order valence-corrected chi connectivity index (χ2v) is 12.9. The van der Waals surface area contributed by atoms with E-state index in [0.717, 1.165) is 23.8 Å². The van der Waals surface area contributed by atoms with Gasteiger partial charge in [0.2, 0.25) is 21.8 Å². The van der Waals surface area contributed by atoms with Crippen molar-refractivity contribution in [2.45, 2.75) is 58.2 Å². The monoisotopic (exact) mass is 617 g/mol. The number of carbonyl (C=O) groups excluding carboxylic acids is 2. The zero-order valence-corrected chi connectivity index (χ0v) is 25.9. The first-order valence-corrected chi connectivity index (χ1v) is 16.2. The van der Waals surface area contributed by atoms with Crippen molar-refractivity contribution in [2.75, 3.05) is 17.1 Å². The smallest absolute Gasteiger partial charge is 0.243 e. The Bertz CT molecular complexity index is 1400. The van der Waals surface area contributed by atoms with Crippen molar-refractivity contribution in [1.82, 2.24) is 10.2 Å². The summed E-state index contributed by atoms with van der Waals surface area (Å²) in [7, 11) is -3.62. The fraction of sp³-hybridized carbons (Fsp3) is 0.355. The second kappa shape index (κ2) is 15.2. The molecular formula is C31H37Cl2N3O4S. The van der Waals surface area contributed by atoms with Crippen LogP contribution in [0.5, 0.6) is 0 Å². The Morgan fingerprint density at radius 3 is 2.20 bits per heavy atom. The molecular weight excluding hydrogens is 581 g/mol. The molecule has 0 radical (unpaired) electrons.